The number of hydrogen-bond acceptors (Lipinski definition) is 3. The van der Waals surface area contributed by atoms with E-state index in [-0.39, 0.29) is 11.3 Å². The molecule has 2 fully saturated rings. The lowest BCUT2D eigenvalue weighted by molar-refractivity contribution is -0.112. The Bertz CT molecular complexity index is 869. The molecule has 145 valence electrons. The first-order valence-corrected chi connectivity index (χ1v) is 9.93. The molecule has 1 aliphatic carbocycles. The highest BCUT2D eigenvalue weighted by Crippen LogP contribution is 2.49. The number of nitrogens with one attached hydrogen (secondary N) is 1. The van der Waals surface area contributed by atoms with Crippen LogP contribution in [0.15, 0.2) is 48.5 Å². The molecule has 0 spiro atoms. The van der Waals surface area contributed by atoms with Crippen LogP contribution >= 0.6 is 0 Å². The minimum absolute atomic E-state index is 0.132. The zero-order chi connectivity index (χ0) is 19.6. The van der Waals surface area contributed by atoms with E-state index in [4.69, 9.17) is 5.73 Å². The van der Waals surface area contributed by atoms with Crippen LogP contribution in [0.4, 0.5) is 5.69 Å². The zero-order valence-corrected chi connectivity index (χ0v) is 16.0. The minimum atomic E-state index is -0.520. The van der Waals surface area contributed by atoms with Crippen LogP contribution in [0.2, 0.25) is 0 Å². The molecule has 28 heavy (non-hydrogen) atoms. The van der Waals surface area contributed by atoms with E-state index in [2.05, 4.69) is 10.2 Å². The predicted molar refractivity (Wildman–Crippen MR) is 110 cm³/mol. The van der Waals surface area contributed by atoms with Gasteiger partial charge < -0.3 is 16.0 Å². The molecule has 5 nitrogen and oxygen atoms in total. The Balaban J connectivity index is 1.51. The summed E-state index contributed by atoms with van der Waals surface area (Å²) < 4.78 is 0. The molecule has 0 bridgehead atoms. The molecule has 1 heterocycles. The van der Waals surface area contributed by atoms with Crippen LogP contribution in [0, 0.1) is 6.42 Å². The lowest BCUT2D eigenvalue weighted by Crippen LogP contribution is -2.30. The summed E-state index contributed by atoms with van der Waals surface area (Å²) in [5.74, 6) is -0.798. The fourth-order valence-electron chi connectivity index (χ4n) is 4.11. The lowest BCUT2D eigenvalue weighted by atomic mass is 9.92. The van der Waals surface area contributed by atoms with Gasteiger partial charge in [0, 0.05) is 12.0 Å². The smallest absolute Gasteiger partial charge is 0.250 e. The predicted octanol–water partition coefficient (Wildman–Crippen LogP) is 3.10. The number of hydrogen-bond donors (Lipinski definition) is 2. The number of rotatable bonds is 7. The summed E-state index contributed by atoms with van der Waals surface area (Å²) in [5.41, 5.74) is 8.56. The van der Waals surface area contributed by atoms with E-state index in [1.165, 1.54) is 19.3 Å². The summed E-state index contributed by atoms with van der Waals surface area (Å²) in [6.45, 7) is 3.36. The van der Waals surface area contributed by atoms with Crippen LogP contribution in [0.1, 0.15) is 47.2 Å². The molecule has 2 aromatic carbocycles. The quantitative estimate of drug-likeness (QED) is 0.780. The van der Waals surface area contributed by atoms with Crippen molar-refractivity contribution in [3.05, 3.63) is 71.6 Å². The highest BCUT2D eigenvalue weighted by atomic mass is 16.2. The van der Waals surface area contributed by atoms with Gasteiger partial charge in [0.15, 0.2) is 0 Å². The van der Waals surface area contributed by atoms with Gasteiger partial charge in [0.25, 0.3) is 5.91 Å². The number of amides is 2. The van der Waals surface area contributed by atoms with Gasteiger partial charge in [-0.1, -0.05) is 36.4 Å². The fraction of sp³-hybridized carbons (Fsp3) is 0.348. The number of carbonyl (C=O) groups is 2. The highest BCUT2D eigenvalue weighted by Gasteiger charge is 2.46. The summed E-state index contributed by atoms with van der Waals surface area (Å²) in [5, 5.41) is 2.81. The normalized spacial score (nSPS) is 18.0. The molecule has 4 rings (SSSR count). The Morgan fingerprint density at radius 3 is 2.43 bits per heavy atom. The van der Waals surface area contributed by atoms with Crippen molar-refractivity contribution >= 4 is 17.5 Å². The van der Waals surface area contributed by atoms with Crippen molar-refractivity contribution < 1.29 is 9.59 Å². The third kappa shape index (κ3) is 4.09. The molecule has 1 saturated carbocycles. The first-order valence-electron chi connectivity index (χ1n) is 9.93. The maximum atomic E-state index is 12.4. The number of nitrogens with two attached hydrogens (primary N) is 1. The van der Waals surface area contributed by atoms with Crippen molar-refractivity contribution in [1.82, 2.24) is 4.90 Å². The van der Waals surface area contributed by atoms with E-state index < -0.39 is 5.91 Å². The molecular weight excluding hydrogens is 350 g/mol. The molecule has 2 amide bonds. The van der Waals surface area contributed by atoms with Crippen LogP contribution in [-0.4, -0.2) is 36.3 Å². The Morgan fingerprint density at radius 2 is 1.79 bits per heavy atom. The number of carbonyl (C=O) groups excluding carboxylic acids is 2. The van der Waals surface area contributed by atoms with Gasteiger partial charge in [0.2, 0.25) is 5.91 Å². The van der Waals surface area contributed by atoms with Crippen LogP contribution in [0.5, 0.6) is 0 Å². The van der Waals surface area contributed by atoms with Gasteiger partial charge in [0.05, 0.1) is 17.7 Å². The van der Waals surface area contributed by atoms with E-state index in [1.807, 2.05) is 48.5 Å². The van der Waals surface area contributed by atoms with Crippen molar-refractivity contribution in [1.29, 1.82) is 0 Å². The summed E-state index contributed by atoms with van der Waals surface area (Å²) in [4.78, 5) is 26.9. The fourth-order valence-corrected chi connectivity index (χ4v) is 4.11. The molecule has 3 N–H and O–H groups in total. The lowest BCUT2D eigenvalue weighted by Gasteiger charge is -2.24. The maximum absolute atomic E-state index is 12.4. The standard InChI is InChI=1S/C23H26N3O2/c24-22(28)19-15-18(23(10-11-23)16-26-12-4-5-13-26)8-9-20(19)25-21(27)14-17-6-2-1-3-7-17/h1-3,6-9,14-15H,4-5,10-13,16H2,(H2,24,28)(H,25,27). The maximum Gasteiger partial charge on any atom is 0.250 e. The van der Waals surface area contributed by atoms with Crippen molar-refractivity contribution in [2.75, 3.05) is 25.0 Å². The minimum Gasteiger partial charge on any atom is -0.366 e. The summed E-state index contributed by atoms with van der Waals surface area (Å²) in [6.07, 6.45) is 6.32. The second kappa shape index (κ2) is 7.76. The monoisotopic (exact) mass is 376 g/mol. The van der Waals surface area contributed by atoms with E-state index in [9.17, 15) is 9.59 Å². The van der Waals surface area contributed by atoms with Crippen LogP contribution in [0.25, 0.3) is 0 Å². The second-order valence-corrected chi connectivity index (χ2v) is 7.93. The number of benzene rings is 2. The third-order valence-corrected chi connectivity index (χ3v) is 5.83. The average Bonchev–Trinajstić information content (AvgIpc) is 3.28. The van der Waals surface area contributed by atoms with E-state index >= 15 is 0 Å². The van der Waals surface area contributed by atoms with Crippen molar-refractivity contribution in [2.45, 2.75) is 31.1 Å². The van der Waals surface area contributed by atoms with E-state index in [0.717, 1.165) is 43.6 Å². The van der Waals surface area contributed by atoms with E-state index in [0.29, 0.717) is 11.3 Å². The van der Waals surface area contributed by atoms with Crippen LogP contribution < -0.4 is 11.1 Å². The van der Waals surface area contributed by atoms with Crippen molar-refractivity contribution in [2.24, 2.45) is 5.73 Å². The summed E-state index contributed by atoms with van der Waals surface area (Å²) >= 11 is 0. The third-order valence-electron chi connectivity index (χ3n) is 5.83. The van der Waals surface area contributed by atoms with Crippen molar-refractivity contribution in [3.8, 4) is 0 Å². The zero-order valence-electron chi connectivity index (χ0n) is 16.0. The van der Waals surface area contributed by atoms with E-state index in [1.54, 1.807) is 0 Å². The molecule has 1 radical (unpaired) electrons. The Morgan fingerprint density at radius 1 is 1.07 bits per heavy atom. The Kier molecular flexibility index (Phi) is 5.18. The molecule has 0 aromatic heterocycles. The van der Waals surface area contributed by atoms with Gasteiger partial charge >= 0.3 is 0 Å². The molecular formula is C23H26N3O2. The summed E-state index contributed by atoms with van der Waals surface area (Å²) in [7, 11) is 0. The van der Waals surface area contributed by atoms with Gasteiger partial charge in [-0.25, -0.2) is 0 Å². The number of nitrogens with zero attached hydrogens (tertiary/aromatic N) is 1. The van der Waals surface area contributed by atoms with Gasteiger partial charge in [-0.05, 0) is 62.0 Å². The molecule has 2 aromatic rings. The average molecular weight is 376 g/mol. The number of likely N-dealkylation sites (tertiary alicyclic amines) is 1. The van der Waals surface area contributed by atoms with Crippen LogP contribution in [-0.2, 0) is 10.2 Å². The largest absolute Gasteiger partial charge is 0.366 e. The number of anilines is 1. The molecule has 0 atom stereocenters. The first kappa shape index (κ1) is 18.7. The molecule has 1 aliphatic heterocycles. The SMILES string of the molecule is NC(=O)c1cc(C2(CN3CCCC3)CC2)ccc1NC(=O)[CH]c1ccccc1. The topological polar surface area (TPSA) is 75.4 Å². The second-order valence-electron chi connectivity index (χ2n) is 7.93. The van der Waals surface area contributed by atoms with Gasteiger partial charge in [-0.3, -0.25) is 9.59 Å². The summed E-state index contributed by atoms with van der Waals surface area (Å²) in [6, 6.07) is 15.1. The van der Waals surface area contributed by atoms with Gasteiger partial charge in [0.1, 0.15) is 0 Å². The Hall–Kier alpha value is -2.66. The molecule has 1 saturated heterocycles. The molecule has 2 aliphatic rings. The highest BCUT2D eigenvalue weighted by molar-refractivity contribution is 6.06. The number of primary amides is 1. The van der Waals surface area contributed by atoms with Gasteiger partial charge in [-0.2, -0.15) is 0 Å². The van der Waals surface area contributed by atoms with Crippen molar-refractivity contribution in [3.63, 3.8) is 0 Å². The van der Waals surface area contributed by atoms with Crippen LogP contribution in [0.3, 0.4) is 0 Å². The Labute approximate surface area is 165 Å². The molecule has 0 unspecified atom stereocenters. The molecule has 5 heteroatoms. The van der Waals surface area contributed by atoms with Gasteiger partial charge in [-0.15, -0.1) is 0 Å². The first-order chi connectivity index (χ1) is 13.6.